The van der Waals surface area contributed by atoms with Crippen LogP contribution >= 0.6 is 0 Å². The zero-order valence-corrected chi connectivity index (χ0v) is 16.3. The van der Waals surface area contributed by atoms with Gasteiger partial charge in [-0.25, -0.2) is 4.98 Å². The van der Waals surface area contributed by atoms with E-state index in [1.807, 2.05) is 6.07 Å². The van der Waals surface area contributed by atoms with E-state index in [1.54, 1.807) is 36.8 Å². The maximum absolute atomic E-state index is 12.7. The van der Waals surface area contributed by atoms with E-state index in [2.05, 4.69) is 32.4 Å². The minimum absolute atomic E-state index is 0.0383. The molecule has 2 aromatic heterocycles. The van der Waals surface area contributed by atoms with E-state index in [-0.39, 0.29) is 17.7 Å². The van der Waals surface area contributed by atoms with Gasteiger partial charge in [-0.1, -0.05) is 31.1 Å². The monoisotopic (exact) mass is 388 g/mol. The molecule has 0 saturated heterocycles. The van der Waals surface area contributed by atoms with E-state index in [0.29, 0.717) is 11.4 Å². The number of hydrogen-bond donors (Lipinski definition) is 2. The fourth-order valence-corrected chi connectivity index (χ4v) is 3.54. The topological polar surface area (TPSA) is 84.0 Å². The Hall–Kier alpha value is -3.20. The van der Waals surface area contributed by atoms with Crippen LogP contribution in [-0.2, 0) is 4.79 Å². The first kappa shape index (κ1) is 19.1. The third-order valence-electron chi connectivity index (χ3n) is 5.41. The van der Waals surface area contributed by atoms with E-state index in [9.17, 15) is 9.59 Å². The van der Waals surface area contributed by atoms with Crippen LogP contribution < -0.4 is 10.6 Å². The molecule has 2 aliphatic carbocycles. The summed E-state index contributed by atoms with van der Waals surface area (Å²) in [7, 11) is 0. The van der Waals surface area contributed by atoms with Crippen molar-refractivity contribution in [3.8, 4) is 11.8 Å². The van der Waals surface area contributed by atoms with Gasteiger partial charge in [0, 0.05) is 35.6 Å². The average Bonchev–Trinajstić information content (AvgIpc) is 3.60. The lowest BCUT2D eigenvalue weighted by Crippen LogP contribution is -2.48. The first-order chi connectivity index (χ1) is 14.1. The minimum atomic E-state index is -0.530. The molecule has 2 heterocycles. The maximum Gasteiger partial charge on any atom is 0.252 e. The Morgan fingerprint density at radius 1 is 1.03 bits per heavy atom. The molecule has 6 nitrogen and oxygen atoms in total. The molecule has 2 aliphatic rings. The summed E-state index contributed by atoms with van der Waals surface area (Å²) in [6, 6.07) is 7.03. The molecule has 0 aromatic carbocycles. The second-order valence-corrected chi connectivity index (χ2v) is 7.78. The summed E-state index contributed by atoms with van der Waals surface area (Å²) < 4.78 is 0. The quantitative estimate of drug-likeness (QED) is 0.787. The van der Waals surface area contributed by atoms with Crippen molar-refractivity contribution in [3.63, 3.8) is 0 Å². The molecule has 2 aromatic rings. The molecular formula is C23H24N4O2. The van der Waals surface area contributed by atoms with Gasteiger partial charge < -0.3 is 10.6 Å². The fourth-order valence-electron chi connectivity index (χ4n) is 3.54. The molecule has 0 aliphatic heterocycles. The van der Waals surface area contributed by atoms with Gasteiger partial charge in [0.15, 0.2) is 0 Å². The van der Waals surface area contributed by atoms with Crippen LogP contribution in [0.1, 0.15) is 60.9 Å². The summed E-state index contributed by atoms with van der Waals surface area (Å²) in [6.07, 6.45) is 11.7. The SMILES string of the molecule is O=C(NC1(C#Cc2ccc(NC(=O)C3CC3)nc2)CCCCC1)c1ccncc1. The molecular weight excluding hydrogens is 364 g/mol. The van der Waals surface area contributed by atoms with Gasteiger partial charge in [0.1, 0.15) is 11.4 Å². The van der Waals surface area contributed by atoms with Gasteiger partial charge in [0.05, 0.1) is 0 Å². The first-order valence-electron chi connectivity index (χ1n) is 10.2. The summed E-state index contributed by atoms with van der Waals surface area (Å²) >= 11 is 0. The number of aromatic nitrogens is 2. The molecule has 0 atom stereocenters. The number of nitrogens with one attached hydrogen (secondary N) is 2. The van der Waals surface area contributed by atoms with Gasteiger partial charge in [-0.05, 0) is 49.9 Å². The van der Waals surface area contributed by atoms with Crippen LogP contribution in [0, 0.1) is 17.8 Å². The van der Waals surface area contributed by atoms with E-state index >= 15 is 0 Å². The highest BCUT2D eigenvalue weighted by Crippen LogP contribution is 2.30. The Kier molecular flexibility index (Phi) is 5.57. The summed E-state index contributed by atoms with van der Waals surface area (Å²) in [5.74, 6) is 7.10. The van der Waals surface area contributed by atoms with Crippen molar-refractivity contribution in [2.75, 3.05) is 5.32 Å². The normalized spacial score (nSPS) is 17.5. The van der Waals surface area contributed by atoms with Crippen molar-refractivity contribution in [3.05, 3.63) is 54.0 Å². The zero-order chi connectivity index (χ0) is 20.1. The summed E-state index contributed by atoms with van der Waals surface area (Å²) in [6.45, 7) is 0. The van der Waals surface area contributed by atoms with Gasteiger partial charge in [0.2, 0.25) is 5.91 Å². The van der Waals surface area contributed by atoms with Crippen LogP contribution in [0.5, 0.6) is 0 Å². The van der Waals surface area contributed by atoms with Crippen LogP contribution in [-0.4, -0.2) is 27.3 Å². The Balaban J connectivity index is 1.47. The molecule has 2 N–H and O–H groups in total. The summed E-state index contributed by atoms with van der Waals surface area (Å²) in [5.41, 5.74) is 0.819. The number of nitrogens with zero attached hydrogens (tertiary/aromatic N) is 2. The van der Waals surface area contributed by atoms with Gasteiger partial charge >= 0.3 is 0 Å². The summed E-state index contributed by atoms with van der Waals surface area (Å²) in [4.78, 5) is 32.8. The fraction of sp³-hybridized carbons (Fsp3) is 0.391. The van der Waals surface area contributed by atoms with E-state index < -0.39 is 5.54 Å². The predicted molar refractivity (Wildman–Crippen MR) is 110 cm³/mol. The van der Waals surface area contributed by atoms with Gasteiger partial charge in [-0.2, -0.15) is 0 Å². The molecule has 2 fully saturated rings. The Morgan fingerprint density at radius 3 is 2.45 bits per heavy atom. The lowest BCUT2D eigenvalue weighted by molar-refractivity contribution is -0.117. The van der Waals surface area contributed by atoms with Crippen molar-refractivity contribution >= 4 is 17.6 Å². The van der Waals surface area contributed by atoms with Crippen LogP contribution in [0.25, 0.3) is 0 Å². The molecule has 29 heavy (non-hydrogen) atoms. The highest BCUT2D eigenvalue weighted by molar-refractivity contribution is 5.95. The second-order valence-electron chi connectivity index (χ2n) is 7.78. The molecule has 0 unspecified atom stereocenters. The molecule has 148 valence electrons. The number of anilines is 1. The Morgan fingerprint density at radius 2 is 1.79 bits per heavy atom. The lowest BCUT2D eigenvalue weighted by Gasteiger charge is -2.33. The van der Waals surface area contributed by atoms with E-state index in [4.69, 9.17) is 0 Å². The molecule has 0 spiro atoms. The number of carbonyl (C=O) groups excluding carboxylic acids is 2. The zero-order valence-electron chi connectivity index (χ0n) is 16.3. The van der Waals surface area contributed by atoms with Gasteiger partial charge in [0.25, 0.3) is 5.91 Å². The van der Waals surface area contributed by atoms with Crippen molar-refractivity contribution < 1.29 is 9.59 Å². The molecule has 0 radical (unpaired) electrons. The molecule has 2 amide bonds. The van der Waals surface area contributed by atoms with Crippen molar-refractivity contribution in [1.82, 2.24) is 15.3 Å². The number of rotatable bonds is 4. The van der Waals surface area contributed by atoms with Crippen molar-refractivity contribution in [1.29, 1.82) is 0 Å². The highest BCUT2D eigenvalue weighted by atomic mass is 16.2. The van der Waals surface area contributed by atoms with Crippen molar-refractivity contribution in [2.24, 2.45) is 5.92 Å². The average molecular weight is 388 g/mol. The van der Waals surface area contributed by atoms with Crippen LogP contribution in [0.15, 0.2) is 42.9 Å². The van der Waals surface area contributed by atoms with Gasteiger partial charge in [-0.15, -0.1) is 0 Å². The van der Waals surface area contributed by atoms with Gasteiger partial charge in [-0.3, -0.25) is 14.6 Å². The van der Waals surface area contributed by atoms with Crippen LogP contribution in [0.2, 0.25) is 0 Å². The summed E-state index contributed by atoms with van der Waals surface area (Å²) in [5, 5.41) is 5.99. The number of pyridine rings is 2. The number of hydrogen-bond acceptors (Lipinski definition) is 4. The Labute approximate surface area is 170 Å². The maximum atomic E-state index is 12.7. The minimum Gasteiger partial charge on any atom is -0.336 e. The predicted octanol–water partition coefficient (Wildman–Crippen LogP) is 3.31. The largest absolute Gasteiger partial charge is 0.336 e. The standard InChI is InChI=1S/C23H24N4O2/c28-21(18-5-6-18)26-20-7-4-17(16-25-20)8-13-23(11-2-1-3-12-23)27-22(29)19-9-14-24-15-10-19/h4,7,9-10,14-16,18H,1-3,5-6,11-12H2,(H,27,29)(H,25,26,28). The number of carbonyl (C=O) groups is 2. The molecule has 0 bridgehead atoms. The Bertz CT molecular complexity index is 934. The highest BCUT2D eigenvalue weighted by Gasteiger charge is 2.32. The number of amides is 2. The van der Waals surface area contributed by atoms with E-state index in [1.165, 1.54) is 0 Å². The van der Waals surface area contributed by atoms with E-state index in [0.717, 1.165) is 50.5 Å². The molecule has 2 saturated carbocycles. The molecule has 6 heteroatoms. The third-order valence-corrected chi connectivity index (χ3v) is 5.41. The molecule has 4 rings (SSSR count). The van der Waals surface area contributed by atoms with Crippen LogP contribution in [0.4, 0.5) is 5.82 Å². The third kappa shape index (κ3) is 5.00. The van der Waals surface area contributed by atoms with Crippen molar-refractivity contribution in [2.45, 2.75) is 50.5 Å². The lowest BCUT2D eigenvalue weighted by atomic mass is 9.81. The second kappa shape index (κ2) is 8.44. The first-order valence-corrected chi connectivity index (χ1v) is 10.2. The smallest absolute Gasteiger partial charge is 0.252 e. The van der Waals surface area contributed by atoms with Crippen LogP contribution in [0.3, 0.4) is 0 Å².